The van der Waals surface area contributed by atoms with Crippen LogP contribution < -0.4 is 0 Å². The lowest BCUT2D eigenvalue weighted by molar-refractivity contribution is 0.0518. The topological polar surface area (TPSA) is 69.9 Å². The van der Waals surface area contributed by atoms with Crippen molar-refractivity contribution in [1.29, 1.82) is 0 Å². The van der Waals surface area contributed by atoms with E-state index in [9.17, 15) is 4.79 Å². The van der Waals surface area contributed by atoms with Crippen molar-refractivity contribution >= 4 is 28.9 Å². The molecule has 2 aromatic rings. The highest BCUT2D eigenvalue weighted by Gasteiger charge is 2.20. The van der Waals surface area contributed by atoms with Gasteiger partial charge in [0.2, 0.25) is 0 Å². The SMILES string of the molecule is CCOC(=O)c1nnn(Cc2nccs2)c1CCl. The summed E-state index contributed by atoms with van der Waals surface area (Å²) >= 11 is 7.34. The fourth-order valence-electron chi connectivity index (χ4n) is 1.41. The smallest absolute Gasteiger partial charge is 0.360 e. The summed E-state index contributed by atoms with van der Waals surface area (Å²) in [6.07, 6.45) is 1.71. The van der Waals surface area contributed by atoms with E-state index in [1.807, 2.05) is 5.38 Å². The summed E-state index contributed by atoms with van der Waals surface area (Å²) in [6, 6.07) is 0. The Morgan fingerprint density at radius 3 is 3.06 bits per heavy atom. The lowest BCUT2D eigenvalue weighted by Gasteiger charge is -2.03. The van der Waals surface area contributed by atoms with Crippen LogP contribution in [0.15, 0.2) is 11.6 Å². The van der Waals surface area contributed by atoms with E-state index in [0.717, 1.165) is 5.01 Å². The molecular weight excluding hydrogens is 276 g/mol. The van der Waals surface area contributed by atoms with Gasteiger partial charge in [-0.15, -0.1) is 28.0 Å². The zero-order valence-electron chi connectivity index (χ0n) is 9.67. The number of hydrogen-bond donors (Lipinski definition) is 0. The second kappa shape index (κ2) is 5.92. The number of alkyl halides is 1. The minimum Gasteiger partial charge on any atom is -0.461 e. The Morgan fingerprint density at radius 2 is 2.44 bits per heavy atom. The zero-order valence-corrected chi connectivity index (χ0v) is 11.2. The Labute approximate surface area is 113 Å². The van der Waals surface area contributed by atoms with Crippen LogP contribution in [0.25, 0.3) is 0 Å². The standard InChI is InChI=1S/C10H11ClN4O2S/c1-2-17-10(16)9-7(5-11)15(14-13-9)6-8-12-3-4-18-8/h3-4H,2,5-6H2,1H3. The Balaban J connectivity index is 2.24. The molecule has 0 aliphatic carbocycles. The lowest BCUT2D eigenvalue weighted by atomic mass is 10.3. The summed E-state index contributed by atoms with van der Waals surface area (Å²) in [6.45, 7) is 2.48. The van der Waals surface area contributed by atoms with Crippen molar-refractivity contribution < 1.29 is 9.53 Å². The number of carbonyl (C=O) groups is 1. The molecule has 18 heavy (non-hydrogen) atoms. The highest BCUT2D eigenvalue weighted by molar-refractivity contribution is 7.09. The van der Waals surface area contributed by atoms with Gasteiger partial charge in [-0.05, 0) is 6.92 Å². The highest BCUT2D eigenvalue weighted by atomic mass is 35.5. The molecule has 2 aromatic heterocycles. The molecule has 2 rings (SSSR count). The second-order valence-corrected chi connectivity index (χ2v) is 4.57. The van der Waals surface area contributed by atoms with Crippen LogP contribution in [0.3, 0.4) is 0 Å². The number of aromatic nitrogens is 4. The predicted molar refractivity (Wildman–Crippen MR) is 66.8 cm³/mol. The van der Waals surface area contributed by atoms with Gasteiger partial charge in [0, 0.05) is 11.6 Å². The molecule has 0 aliphatic heterocycles. The van der Waals surface area contributed by atoms with Gasteiger partial charge in [0.25, 0.3) is 0 Å². The maximum Gasteiger partial charge on any atom is 0.360 e. The van der Waals surface area contributed by atoms with Gasteiger partial charge < -0.3 is 4.74 Å². The first kappa shape index (κ1) is 13.0. The van der Waals surface area contributed by atoms with Crippen LogP contribution in [0.1, 0.15) is 28.1 Å². The number of halogens is 1. The molecule has 6 nitrogen and oxygen atoms in total. The van der Waals surface area contributed by atoms with Crippen molar-refractivity contribution in [2.24, 2.45) is 0 Å². The number of hydrogen-bond acceptors (Lipinski definition) is 6. The van der Waals surface area contributed by atoms with Crippen molar-refractivity contribution in [3.63, 3.8) is 0 Å². The van der Waals surface area contributed by atoms with Crippen LogP contribution in [-0.4, -0.2) is 32.6 Å². The molecule has 0 radical (unpaired) electrons. The van der Waals surface area contributed by atoms with Gasteiger partial charge in [0.05, 0.1) is 24.7 Å². The number of esters is 1. The average Bonchev–Trinajstić information content (AvgIpc) is 2.99. The van der Waals surface area contributed by atoms with E-state index in [4.69, 9.17) is 16.3 Å². The van der Waals surface area contributed by atoms with Gasteiger partial charge in [0.1, 0.15) is 5.01 Å². The first-order valence-electron chi connectivity index (χ1n) is 5.30. The first-order chi connectivity index (χ1) is 8.76. The molecular formula is C10H11ClN4O2S. The molecule has 0 unspecified atom stereocenters. The Morgan fingerprint density at radius 1 is 1.61 bits per heavy atom. The van der Waals surface area contributed by atoms with Gasteiger partial charge >= 0.3 is 5.97 Å². The summed E-state index contributed by atoms with van der Waals surface area (Å²) in [5, 5.41) is 10.5. The number of carbonyl (C=O) groups excluding carboxylic acids is 1. The fourth-order valence-corrected chi connectivity index (χ4v) is 2.27. The molecule has 8 heteroatoms. The molecule has 0 bridgehead atoms. The van der Waals surface area contributed by atoms with E-state index >= 15 is 0 Å². The Hall–Kier alpha value is -1.47. The minimum absolute atomic E-state index is 0.145. The highest BCUT2D eigenvalue weighted by Crippen LogP contribution is 2.13. The van der Waals surface area contributed by atoms with Crippen molar-refractivity contribution in [3.8, 4) is 0 Å². The van der Waals surface area contributed by atoms with E-state index in [1.165, 1.54) is 11.3 Å². The average molecular weight is 287 g/mol. The molecule has 0 fully saturated rings. The largest absolute Gasteiger partial charge is 0.461 e. The molecule has 0 aromatic carbocycles. The number of rotatable bonds is 5. The summed E-state index contributed by atoms with van der Waals surface area (Å²) in [4.78, 5) is 15.8. The van der Waals surface area contributed by atoms with E-state index in [2.05, 4.69) is 15.3 Å². The van der Waals surface area contributed by atoms with Crippen LogP contribution in [-0.2, 0) is 17.2 Å². The Kier molecular flexibility index (Phi) is 4.27. The third-order valence-electron chi connectivity index (χ3n) is 2.20. The molecule has 0 saturated carbocycles. The summed E-state index contributed by atoms with van der Waals surface area (Å²) < 4.78 is 6.46. The van der Waals surface area contributed by atoms with Gasteiger partial charge in [-0.2, -0.15) is 0 Å². The number of nitrogens with zero attached hydrogens (tertiary/aromatic N) is 4. The lowest BCUT2D eigenvalue weighted by Crippen LogP contribution is -2.10. The predicted octanol–water partition coefficient (Wildman–Crippen LogP) is 1.70. The molecule has 96 valence electrons. The van der Waals surface area contributed by atoms with E-state index in [1.54, 1.807) is 17.8 Å². The first-order valence-corrected chi connectivity index (χ1v) is 6.71. The monoisotopic (exact) mass is 286 g/mol. The summed E-state index contributed by atoms with van der Waals surface area (Å²) in [5.74, 6) is -0.356. The third kappa shape index (κ3) is 2.68. The van der Waals surface area contributed by atoms with E-state index in [0.29, 0.717) is 18.8 Å². The van der Waals surface area contributed by atoms with Crippen molar-refractivity contribution in [2.45, 2.75) is 19.3 Å². The second-order valence-electron chi connectivity index (χ2n) is 3.32. The molecule has 0 atom stereocenters. The van der Waals surface area contributed by atoms with E-state index in [-0.39, 0.29) is 11.6 Å². The summed E-state index contributed by atoms with van der Waals surface area (Å²) in [5.41, 5.74) is 0.716. The van der Waals surface area contributed by atoms with Crippen LogP contribution in [0.4, 0.5) is 0 Å². The molecule has 0 N–H and O–H groups in total. The van der Waals surface area contributed by atoms with Gasteiger partial charge in [-0.1, -0.05) is 5.21 Å². The maximum atomic E-state index is 11.6. The molecule has 2 heterocycles. The number of ether oxygens (including phenoxy) is 1. The Bertz CT molecular complexity index is 526. The molecule has 0 amide bonds. The van der Waals surface area contributed by atoms with Crippen LogP contribution in [0, 0.1) is 0 Å². The van der Waals surface area contributed by atoms with Crippen molar-refractivity contribution in [1.82, 2.24) is 20.0 Å². The molecule has 0 aliphatic rings. The van der Waals surface area contributed by atoms with Crippen LogP contribution in [0.2, 0.25) is 0 Å². The van der Waals surface area contributed by atoms with Gasteiger partial charge in [-0.3, -0.25) is 0 Å². The van der Waals surface area contributed by atoms with Crippen molar-refractivity contribution in [3.05, 3.63) is 28.0 Å². The third-order valence-corrected chi connectivity index (χ3v) is 3.22. The van der Waals surface area contributed by atoms with E-state index < -0.39 is 5.97 Å². The number of thiazole rings is 1. The molecule has 0 saturated heterocycles. The van der Waals surface area contributed by atoms with Crippen LogP contribution >= 0.6 is 22.9 Å². The molecule has 0 spiro atoms. The zero-order chi connectivity index (χ0) is 13.0. The van der Waals surface area contributed by atoms with Gasteiger partial charge in [0.15, 0.2) is 5.69 Å². The quantitative estimate of drug-likeness (QED) is 0.618. The maximum absolute atomic E-state index is 11.6. The minimum atomic E-state index is -0.501. The summed E-state index contributed by atoms with van der Waals surface area (Å²) in [7, 11) is 0. The van der Waals surface area contributed by atoms with Gasteiger partial charge in [-0.25, -0.2) is 14.5 Å². The fraction of sp³-hybridized carbons (Fsp3) is 0.400. The van der Waals surface area contributed by atoms with Crippen LogP contribution in [0.5, 0.6) is 0 Å². The van der Waals surface area contributed by atoms with Crippen molar-refractivity contribution in [2.75, 3.05) is 6.61 Å². The normalized spacial score (nSPS) is 10.6.